The quantitative estimate of drug-likeness (QED) is 0.856. The van der Waals surface area contributed by atoms with Gasteiger partial charge in [-0.3, -0.25) is 0 Å². The molecule has 1 saturated heterocycles. The van der Waals surface area contributed by atoms with Gasteiger partial charge in [-0.1, -0.05) is 19.1 Å². The maximum Gasteiger partial charge on any atom is 0.119 e. The van der Waals surface area contributed by atoms with E-state index in [4.69, 9.17) is 9.47 Å². The predicted octanol–water partition coefficient (Wildman–Crippen LogP) is 4.08. The van der Waals surface area contributed by atoms with Crippen molar-refractivity contribution in [2.75, 3.05) is 13.2 Å². The lowest BCUT2D eigenvalue weighted by Gasteiger charge is -2.37. The summed E-state index contributed by atoms with van der Waals surface area (Å²) in [5.41, 5.74) is 1.30. The molecule has 2 rings (SSSR count). The lowest BCUT2D eigenvalue weighted by Crippen LogP contribution is -2.44. The monoisotopic (exact) mass is 291 g/mol. The fourth-order valence-electron chi connectivity index (χ4n) is 2.90. The fourth-order valence-corrected chi connectivity index (χ4v) is 2.90. The van der Waals surface area contributed by atoms with Crippen molar-refractivity contribution in [3.63, 3.8) is 0 Å². The molecule has 118 valence electrons. The van der Waals surface area contributed by atoms with Crippen molar-refractivity contribution in [3.05, 3.63) is 29.8 Å². The number of ether oxygens (including phenoxy) is 2. The highest BCUT2D eigenvalue weighted by Crippen LogP contribution is 2.26. The number of benzene rings is 1. The van der Waals surface area contributed by atoms with Crippen molar-refractivity contribution >= 4 is 0 Å². The molecule has 0 amide bonds. The van der Waals surface area contributed by atoms with Gasteiger partial charge in [-0.25, -0.2) is 0 Å². The Balaban J connectivity index is 1.89. The molecular weight excluding hydrogens is 262 g/mol. The average molecular weight is 291 g/mol. The Labute approximate surface area is 129 Å². The number of nitrogens with one attached hydrogen (secondary N) is 1. The van der Waals surface area contributed by atoms with Crippen LogP contribution in [0.5, 0.6) is 5.75 Å². The SMILES string of the molecule is CCCOc1ccc(C(C)NC2CCOC(C)(C)C2)cc1. The van der Waals surface area contributed by atoms with E-state index in [1.54, 1.807) is 0 Å². The zero-order valence-corrected chi connectivity index (χ0v) is 13.8. The maximum absolute atomic E-state index is 5.78. The Kier molecular flexibility index (Phi) is 5.65. The van der Waals surface area contributed by atoms with Gasteiger partial charge in [-0.15, -0.1) is 0 Å². The molecule has 1 aliphatic rings. The minimum atomic E-state index is -0.00646. The zero-order chi connectivity index (χ0) is 15.3. The normalized spacial score (nSPS) is 22.8. The van der Waals surface area contributed by atoms with Crippen LogP contribution >= 0.6 is 0 Å². The Morgan fingerprint density at radius 1 is 1.33 bits per heavy atom. The van der Waals surface area contributed by atoms with E-state index in [1.807, 2.05) is 0 Å². The van der Waals surface area contributed by atoms with E-state index in [0.717, 1.165) is 38.2 Å². The molecule has 0 aliphatic carbocycles. The van der Waals surface area contributed by atoms with Gasteiger partial charge in [0.15, 0.2) is 0 Å². The van der Waals surface area contributed by atoms with Crippen molar-refractivity contribution in [2.24, 2.45) is 0 Å². The minimum absolute atomic E-state index is 0.00646. The molecule has 1 aromatic rings. The Hall–Kier alpha value is -1.06. The molecule has 1 N–H and O–H groups in total. The first-order valence-corrected chi connectivity index (χ1v) is 8.13. The van der Waals surface area contributed by atoms with Gasteiger partial charge in [-0.05, 0) is 57.7 Å². The van der Waals surface area contributed by atoms with Crippen molar-refractivity contribution in [3.8, 4) is 5.75 Å². The van der Waals surface area contributed by atoms with Crippen molar-refractivity contribution in [1.29, 1.82) is 0 Å². The van der Waals surface area contributed by atoms with Crippen LogP contribution in [-0.4, -0.2) is 24.9 Å². The second kappa shape index (κ2) is 7.28. The maximum atomic E-state index is 5.78. The minimum Gasteiger partial charge on any atom is -0.494 e. The van der Waals surface area contributed by atoms with Gasteiger partial charge in [0.1, 0.15) is 5.75 Å². The van der Waals surface area contributed by atoms with Gasteiger partial charge < -0.3 is 14.8 Å². The average Bonchev–Trinajstić information content (AvgIpc) is 2.44. The van der Waals surface area contributed by atoms with Gasteiger partial charge in [0.25, 0.3) is 0 Å². The van der Waals surface area contributed by atoms with E-state index in [-0.39, 0.29) is 5.60 Å². The molecule has 0 spiro atoms. The van der Waals surface area contributed by atoms with E-state index in [0.29, 0.717) is 12.1 Å². The fraction of sp³-hybridized carbons (Fsp3) is 0.667. The highest BCUT2D eigenvalue weighted by atomic mass is 16.5. The summed E-state index contributed by atoms with van der Waals surface area (Å²) >= 11 is 0. The number of hydrogen-bond acceptors (Lipinski definition) is 3. The van der Waals surface area contributed by atoms with Crippen LogP contribution in [0.15, 0.2) is 24.3 Å². The van der Waals surface area contributed by atoms with E-state index < -0.39 is 0 Å². The van der Waals surface area contributed by atoms with Crippen LogP contribution in [0.25, 0.3) is 0 Å². The second-order valence-corrected chi connectivity index (χ2v) is 6.60. The van der Waals surface area contributed by atoms with Gasteiger partial charge in [0.2, 0.25) is 0 Å². The summed E-state index contributed by atoms with van der Waals surface area (Å²) in [6.07, 6.45) is 3.19. The molecule has 0 aromatic heterocycles. The first-order chi connectivity index (χ1) is 10.00. The molecule has 2 unspecified atom stereocenters. The molecule has 2 atom stereocenters. The third-order valence-corrected chi connectivity index (χ3v) is 4.04. The predicted molar refractivity (Wildman–Crippen MR) is 86.8 cm³/mol. The van der Waals surface area contributed by atoms with Gasteiger partial charge in [0, 0.05) is 18.7 Å². The molecule has 0 bridgehead atoms. The zero-order valence-electron chi connectivity index (χ0n) is 13.8. The molecule has 1 aliphatic heterocycles. The number of rotatable bonds is 6. The molecule has 0 saturated carbocycles. The Morgan fingerprint density at radius 2 is 2.05 bits per heavy atom. The molecule has 1 heterocycles. The van der Waals surface area contributed by atoms with Crippen LogP contribution < -0.4 is 10.1 Å². The number of hydrogen-bond donors (Lipinski definition) is 1. The van der Waals surface area contributed by atoms with Crippen molar-refractivity contribution in [1.82, 2.24) is 5.32 Å². The summed E-state index contributed by atoms with van der Waals surface area (Å²) in [7, 11) is 0. The molecule has 1 fully saturated rings. The third kappa shape index (κ3) is 5.01. The first kappa shape index (κ1) is 16.3. The summed E-state index contributed by atoms with van der Waals surface area (Å²) in [6.45, 7) is 10.3. The van der Waals surface area contributed by atoms with E-state index >= 15 is 0 Å². The van der Waals surface area contributed by atoms with Gasteiger partial charge >= 0.3 is 0 Å². The van der Waals surface area contributed by atoms with E-state index in [1.165, 1.54) is 5.56 Å². The first-order valence-electron chi connectivity index (χ1n) is 8.13. The van der Waals surface area contributed by atoms with Crippen molar-refractivity contribution < 1.29 is 9.47 Å². The molecule has 3 nitrogen and oxygen atoms in total. The molecule has 0 radical (unpaired) electrons. The van der Waals surface area contributed by atoms with Gasteiger partial charge in [-0.2, -0.15) is 0 Å². The Bertz CT molecular complexity index is 427. The smallest absolute Gasteiger partial charge is 0.119 e. The lowest BCUT2D eigenvalue weighted by atomic mass is 9.93. The molecule has 3 heteroatoms. The standard InChI is InChI=1S/C18H29NO2/c1-5-11-20-17-8-6-15(7-9-17)14(2)19-16-10-12-21-18(3,4)13-16/h6-9,14,16,19H,5,10-13H2,1-4H3. The Morgan fingerprint density at radius 3 is 2.67 bits per heavy atom. The highest BCUT2D eigenvalue weighted by Gasteiger charge is 2.29. The summed E-state index contributed by atoms with van der Waals surface area (Å²) in [5, 5.41) is 3.73. The van der Waals surface area contributed by atoms with Crippen LogP contribution in [-0.2, 0) is 4.74 Å². The van der Waals surface area contributed by atoms with Crippen LogP contribution in [0, 0.1) is 0 Å². The summed E-state index contributed by atoms with van der Waals surface area (Å²) in [5.74, 6) is 0.958. The lowest BCUT2D eigenvalue weighted by molar-refractivity contribution is -0.0639. The largest absolute Gasteiger partial charge is 0.494 e. The van der Waals surface area contributed by atoms with E-state index in [9.17, 15) is 0 Å². The van der Waals surface area contributed by atoms with Crippen LogP contribution in [0.4, 0.5) is 0 Å². The summed E-state index contributed by atoms with van der Waals surface area (Å²) in [4.78, 5) is 0. The molecular formula is C18H29NO2. The summed E-state index contributed by atoms with van der Waals surface area (Å²) < 4.78 is 11.4. The van der Waals surface area contributed by atoms with Crippen LogP contribution in [0.3, 0.4) is 0 Å². The molecule has 21 heavy (non-hydrogen) atoms. The third-order valence-electron chi connectivity index (χ3n) is 4.04. The van der Waals surface area contributed by atoms with Gasteiger partial charge in [0.05, 0.1) is 12.2 Å². The van der Waals surface area contributed by atoms with Crippen LogP contribution in [0.1, 0.15) is 58.6 Å². The second-order valence-electron chi connectivity index (χ2n) is 6.60. The van der Waals surface area contributed by atoms with Crippen LogP contribution in [0.2, 0.25) is 0 Å². The molecule has 1 aromatic carbocycles. The van der Waals surface area contributed by atoms with Crippen molar-refractivity contribution in [2.45, 2.75) is 64.6 Å². The van der Waals surface area contributed by atoms with E-state index in [2.05, 4.69) is 57.3 Å². The topological polar surface area (TPSA) is 30.5 Å². The highest BCUT2D eigenvalue weighted by molar-refractivity contribution is 5.29. The summed E-state index contributed by atoms with van der Waals surface area (Å²) in [6, 6.07) is 9.33.